The summed E-state index contributed by atoms with van der Waals surface area (Å²) in [4.78, 5) is 89.2. The van der Waals surface area contributed by atoms with Crippen molar-refractivity contribution >= 4 is 41.2 Å². The van der Waals surface area contributed by atoms with Crippen LogP contribution in [0.15, 0.2) is 22.9 Å². The number of carboxylic acid groups (broad SMARTS) is 1. The second-order valence-electron chi connectivity index (χ2n) is 12.5. The minimum Gasteiger partial charge on any atom is -0.480 e. The van der Waals surface area contributed by atoms with Crippen LogP contribution in [-0.2, 0) is 47.8 Å². The molecule has 0 aromatic carbocycles. The molecular formula is C31H40N2O11. The topological polar surface area (TPSA) is 191 Å². The van der Waals surface area contributed by atoms with Crippen LogP contribution in [0.2, 0.25) is 0 Å². The molecule has 1 aliphatic heterocycles. The average molecular weight is 617 g/mol. The van der Waals surface area contributed by atoms with Gasteiger partial charge in [0, 0.05) is 68.9 Å². The van der Waals surface area contributed by atoms with Crippen LogP contribution >= 0.6 is 0 Å². The zero-order chi connectivity index (χ0) is 32.6. The number of esters is 2. The average Bonchev–Trinajstić information content (AvgIpc) is 3.23. The Hall–Kier alpha value is -3.87. The van der Waals surface area contributed by atoms with Gasteiger partial charge in [-0.25, -0.2) is 9.59 Å². The normalized spacial score (nSPS) is 32.8. The Morgan fingerprint density at radius 2 is 1.84 bits per heavy atom. The first kappa shape index (κ1) is 33.0. The van der Waals surface area contributed by atoms with Crippen molar-refractivity contribution in [1.82, 2.24) is 10.6 Å². The third-order valence-corrected chi connectivity index (χ3v) is 9.64. The number of carboxylic acids is 1. The lowest BCUT2D eigenvalue weighted by Crippen LogP contribution is -2.62. The summed E-state index contributed by atoms with van der Waals surface area (Å²) in [6.45, 7) is 6.13. The minimum atomic E-state index is -1.32. The third kappa shape index (κ3) is 5.69. The van der Waals surface area contributed by atoms with Crippen LogP contribution in [0.5, 0.6) is 0 Å². The summed E-state index contributed by atoms with van der Waals surface area (Å²) < 4.78 is 17.0. The minimum absolute atomic E-state index is 0.0567. The molecule has 1 amide bonds. The molecule has 3 aliphatic carbocycles. The number of unbranched alkanes of at least 4 members (excludes halogenated alkanes) is 1. The quantitative estimate of drug-likeness (QED) is 0.130. The van der Waals surface area contributed by atoms with E-state index in [1.165, 1.54) is 27.2 Å². The number of aliphatic carboxylic acids is 1. The van der Waals surface area contributed by atoms with Crippen LogP contribution < -0.4 is 10.6 Å². The molecule has 2 unspecified atom stereocenters. The molecule has 13 nitrogen and oxygen atoms in total. The molecule has 0 bridgehead atoms. The summed E-state index contributed by atoms with van der Waals surface area (Å²) in [5, 5.41) is 14.6. The van der Waals surface area contributed by atoms with Crippen molar-refractivity contribution in [2.24, 2.45) is 22.7 Å². The number of cyclic esters (lactones) is 1. The van der Waals surface area contributed by atoms with E-state index in [0.29, 0.717) is 31.4 Å². The Labute approximate surface area is 255 Å². The highest BCUT2D eigenvalue weighted by Crippen LogP contribution is 2.62. The summed E-state index contributed by atoms with van der Waals surface area (Å²) in [6, 6.07) is -1.02. The SMILES string of the molecule is COC[C@H]1OC(=O)/C(=C\NCCCCC(NC(C)=O)C(=O)O)C2C(=O)C(=O)C3=C([C@H](OC(C)=O)C[C@]4(C)C(=O)CC[C@@H]34)[C@]21C. The Balaban J connectivity index is 1.69. The van der Waals surface area contributed by atoms with E-state index < -0.39 is 76.3 Å². The number of carbonyl (C=O) groups is 7. The number of ketones is 3. The van der Waals surface area contributed by atoms with Crippen LogP contribution in [-0.4, -0.2) is 84.8 Å². The molecule has 0 spiro atoms. The fourth-order valence-electron chi connectivity index (χ4n) is 7.57. The number of nitrogens with one attached hydrogen (secondary N) is 2. The van der Waals surface area contributed by atoms with Gasteiger partial charge in [-0.2, -0.15) is 0 Å². The third-order valence-electron chi connectivity index (χ3n) is 9.64. The summed E-state index contributed by atoms with van der Waals surface area (Å²) in [5.74, 6) is -6.46. The number of hydrogen-bond acceptors (Lipinski definition) is 11. The highest BCUT2D eigenvalue weighted by molar-refractivity contribution is 6.47. The number of Topliss-reactive ketones (excluding diaryl/α,β-unsaturated/α-hetero) is 3. The van der Waals surface area contributed by atoms with E-state index in [2.05, 4.69) is 10.6 Å². The van der Waals surface area contributed by atoms with Gasteiger partial charge in [-0.1, -0.05) is 13.8 Å². The lowest BCUT2D eigenvalue weighted by molar-refractivity contribution is -0.174. The molecule has 1 heterocycles. The largest absolute Gasteiger partial charge is 0.480 e. The predicted octanol–water partition coefficient (Wildman–Crippen LogP) is 1.18. The smallest absolute Gasteiger partial charge is 0.336 e. The van der Waals surface area contributed by atoms with Gasteiger partial charge in [0.1, 0.15) is 24.0 Å². The van der Waals surface area contributed by atoms with E-state index in [9.17, 15) is 38.7 Å². The van der Waals surface area contributed by atoms with E-state index >= 15 is 0 Å². The fraction of sp³-hybridized carbons (Fsp3) is 0.645. The number of allylic oxidation sites excluding steroid dienone is 1. The molecule has 0 radical (unpaired) electrons. The van der Waals surface area contributed by atoms with Gasteiger partial charge in [0.15, 0.2) is 0 Å². The van der Waals surface area contributed by atoms with Crippen molar-refractivity contribution in [1.29, 1.82) is 0 Å². The fourth-order valence-corrected chi connectivity index (χ4v) is 7.57. The van der Waals surface area contributed by atoms with E-state index in [1.807, 2.05) is 0 Å². The van der Waals surface area contributed by atoms with E-state index in [-0.39, 0.29) is 42.8 Å². The van der Waals surface area contributed by atoms with E-state index in [0.717, 1.165) is 0 Å². The molecule has 7 atom stereocenters. The lowest BCUT2D eigenvalue weighted by Gasteiger charge is -2.55. The molecular weight excluding hydrogens is 576 g/mol. The Morgan fingerprint density at radius 3 is 2.45 bits per heavy atom. The zero-order valence-electron chi connectivity index (χ0n) is 25.7. The van der Waals surface area contributed by atoms with Gasteiger partial charge in [0.05, 0.1) is 18.1 Å². The van der Waals surface area contributed by atoms with Gasteiger partial charge in [-0.15, -0.1) is 0 Å². The molecule has 1 saturated heterocycles. The second-order valence-corrected chi connectivity index (χ2v) is 12.5. The van der Waals surface area contributed by atoms with Crippen LogP contribution in [0.1, 0.15) is 66.2 Å². The summed E-state index contributed by atoms with van der Waals surface area (Å²) in [6.07, 6.45) is 1.21. The van der Waals surface area contributed by atoms with Crippen LogP contribution in [0.3, 0.4) is 0 Å². The van der Waals surface area contributed by atoms with Gasteiger partial charge in [0.25, 0.3) is 0 Å². The summed E-state index contributed by atoms with van der Waals surface area (Å²) >= 11 is 0. The molecule has 44 heavy (non-hydrogen) atoms. The van der Waals surface area contributed by atoms with Crippen molar-refractivity contribution in [2.45, 2.75) is 84.5 Å². The zero-order valence-corrected chi connectivity index (χ0v) is 25.7. The molecule has 13 heteroatoms. The molecule has 4 rings (SSSR count). The van der Waals surface area contributed by atoms with Gasteiger partial charge in [-0.05, 0) is 31.3 Å². The van der Waals surface area contributed by atoms with E-state index in [4.69, 9.17) is 14.2 Å². The van der Waals surface area contributed by atoms with Crippen molar-refractivity contribution in [3.63, 3.8) is 0 Å². The maximum absolute atomic E-state index is 14.0. The number of ether oxygens (including phenoxy) is 3. The first-order chi connectivity index (χ1) is 20.7. The van der Waals surface area contributed by atoms with Crippen molar-refractivity contribution in [3.8, 4) is 0 Å². The van der Waals surface area contributed by atoms with Crippen LogP contribution in [0, 0.1) is 22.7 Å². The number of fused-ring (bicyclic) bond motifs is 4. The Morgan fingerprint density at radius 1 is 1.14 bits per heavy atom. The van der Waals surface area contributed by atoms with Gasteiger partial charge in [0.2, 0.25) is 17.5 Å². The van der Waals surface area contributed by atoms with Gasteiger partial charge < -0.3 is 30.0 Å². The summed E-state index contributed by atoms with van der Waals surface area (Å²) in [5.41, 5.74) is -1.79. The predicted molar refractivity (Wildman–Crippen MR) is 152 cm³/mol. The van der Waals surface area contributed by atoms with E-state index in [1.54, 1.807) is 13.8 Å². The standard InChI is InChI=1S/C31H40N2O11/c1-15(34)33-19(28(39)40)8-6-7-11-32-13-17-24-27(38)26(37)23-18-9-10-21(36)30(18,3)12-20(43-16(2)35)25(23)31(24,4)22(14-42-5)44-29(17)41/h13,18-20,22,24,32H,6-12,14H2,1-5H3,(H,33,34)(H,39,40)/b17-13-/t18-,19?,20+,22+,24?,30-,31-/m0/s1. The number of methoxy groups -OCH3 is 1. The van der Waals surface area contributed by atoms with Crippen molar-refractivity contribution < 1.29 is 52.9 Å². The molecule has 240 valence electrons. The van der Waals surface area contributed by atoms with Gasteiger partial charge >= 0.3 is 17.9 Å². The van der Waals surface area contributed by atoms with Crippen molar-refractivity contribution in [3.05, 3.63) is 22.9 Å². The van der Waals surface area contributed by atoms with Crippen molar-refractivity contribution in [2.75, 3.05) is 20.3 Å². The highest BCUT2D eigenvalue weighted by atomic mass is 16.6. The lowest BCUT2D eigenvalue weighted by atomic mass is 9.50. The first-order valence-electron chi connectivity index (χ1n) is 14.8. The maximum Gasteiger partial charge on any atom is 0.336 e. The summed E-state index contributed by atoms with van der Waals surface area (Å²) in [7, 11) is 1.42. The molecule has 1 saturated carbocycles. The Kier molecular flexibility index (Phi) is 9.48. The highest BCUT2D eigenvalue weighted by Gasteiger charge is 2.67. The molecule has 0 aromatic rings. The Bertz CT molecular complexity index is 1350. The molecule has 3 N–H and O–H groups in total. The first-order valence-corrected chi connectivity index (χ1v) is 14.8. The molecule has 2 fully saturated rings. The van der Waals surface area contributed by atoms with Gasteiger partial charge in [-0.3, -0.25) is 24.0 Å². The van der Waals surface area contributed by atoms with Crippen LogP contribution in [0.25, 0.3) is 0 Å². The number of carbonyl (C=O) groups excluding carboxylic acids is 6. The number of rotatable bonds is 11. The second kappa shape index (κ2) is 12.6. The number of amides is 1. The molecule has 4 aliphatic rings. The van der Waals surface area contributed by atoms with Crippen LogP contribution in [0.4, 0.5) is 0 Å². The molecule has 0 aromatic heterocycles. The monoisotopic (exact) mass is 616 g/mol. The number of hydrogen-bond donors (Lipinski definition) is 3. The maximum atomic E-state index is 14.0.